The molecule has 1 saturated heterocycles. The molecule has 114 valence electrons. The summed E-state index contributed by atoms with van der Waals surface area (Å²) < 4.78 is 1.54. The van der Waals surface area contributed by atoms with Crippen LogP contribution < -0.4 is 0 Å². The van der Waals surface area contributed by atoms with Crippen molar-refractivity contribution < 1.29 is 14.7 Å². The molecule has 1 amide bonds. The van der Waals surface area contributed by atoms with Crippen molar-refractivity contribution in [1.82, 2.24) is 4.90 Å². The van der Waals surface area contributed by atoms with Gasteiger partial charge in [0.1, 0.15) is 0 Å². The zero-order chi connectivity index (χ0) is 15.8. The average molecular weight is 419 g/mol. The second-order valence-corrected chi connectivity index (χ2v) is 7.49. The van der Waals surface area contributed by atoms with Gasteiger partial charge >= 0.3 is 5.97 Å². The number of nitrogens with zero attached hydrogens (tertiary/aromatic N) is 1. The van der Waals surface area contributed by atoms with Gasteiger partial charge in [-0.05, 0) is 46.5 Å². The summed E-state index contributed by atoms with van der Waals surface area (Å²) in [7, 11) is 0. The van der Waals surface area contributed by atoms with Crippen LogP contribution in [-0.2, 0) is 4.79 Å². The number of carboxylic acid groups (broad SMARTS) is 1. The Morgan fingerprint density at radius 2 is 2.00 bits per heavy atom. The zero-order valence-electron chi connectivity index (χ0n) is 11.9. The first-order chi connectivity index (χ1) is 9.78. The lowest BCUT2D eigenvalue weighted by Crippen LogP contribution is -2.40. The minimum absolute atomic E-state index is 0.0150. The van der Waals surface area contributed by atoms with E-state index in [0.717, 1.165) is 4.47 Å². The van der Waals surface area contributed by atoms with Crippen LogP contribution in [0.25, 0.3) is 0 Å². The van der Waals surface area contributed by atoms with Gasteiger partial charge < -0.3 is 10.0 Å². The smallest absolute Gasteiger partial charge is 0.311 e. The van der Waals surface area contributed by atoms with Crippen molar-refractivity contribution >= 4 is 43.7 Å². The molecule has 0 bridgehead atoms. The fourth-order valence-electron chi connectivity index (χ4n) is 2.73. The van der Waals surface area contributed by atoms with E-state index in [1.165, 1.54) is 0 Å². The molecule has 4 nitrogen and oxygen atoms in total. The van der Waals surface area contributed by atoms with E-state index in [0.29, 0.717) is 23.0 Å². The summed E-state index contributed by atoms with van der Waals surface area (Å²) in [4.78, 5) is 25.9. The minimum Gasteiger partial charge on any atom is -0.481 e. The van der Waals surface area contributed by atoms with E-state index >= 15 is 0 Å². The van der Waals surface area contributed by atoms with E-state index in [2.05, 4.69) is 31.9 Å². The summed E-state index contributed by atoms with van der Waals surface area (Å²) in [5, 5.41) is 9.55. The van der Waals surface area contributed by atoms with Crippen molar-refractivity contribution in [3.05, 3.63) is 32.7 Å². The zero-order valence-corrected chi connectivity index (χ0v) is 15.1. The topological polar surface area (TPSA) is 57.6 Å². The Kier molecular flexibility index (Phi) is 4.78. The van der Waals surface area contributed by atoms with Gasteiger partial charge in [-0.1, -0.05) is 29.8 Å². The molecule has 21 heavy (non-hydrogen) atoms. The lowest BCUT2D eigenvalue weighted by atomic mass is 9.76. The number of hydrogen-bond donors (Lipinski definition) is 1. The number of halogens is 2. The van der Waals surface area contributed by atoms with Crippen LogP contribution in [0.5, 0.6) is 0 Å². The van der Waals surface area contributed by atoms with Gasteiger partial charge in [0.05, 0.1) is 11.0 Å². The van der Waals surface area contributed by atoms with Crippen LogP contribution in [0.4, 0.5) is 0 Å². The molecule has 1 aromatic carbocycles. The van der Waals surface area contributed by atoms with Crippen molar-refractivity contribution in [2.75, 3.05) is 13.1 Å². The van der Waals surface area contributed by atoms with Gasteiger partial charge in [-0.3, -0.25) is 9.59 Å². The highest BCUT2D eigenvalue weighted by Gasteiger charge is 2.48. The average Bonchev–Trinajstić information content (AvgIpc) is 2.87. The number of hydrogen-bond acceptors (Lipinski definition) is 2. The van der Waals surface area contributed by atoms with Gasteiger partial charge in [-0.2, -0.15) is 0 Å². The fraction of sp³-hybridized carbons (Fsp3) is 0.467. The Balaban J connectivity index is 2.27. The molecule has 1 atom stereocenters. The van der Waals surface area contributed by atoms with Crippen molar-refractivity contribution in [1.29, 1.82) is 0 Å². The molecule has 1 heterocycles. The molecule has 1 aromatic rings. The first kappa shape index (κ1) is 16.5. The van der Waals surface area contributed by atoms with Gasteiger partial charge in [-0.15, -0.1) is 0 Å². The predicted octanol–water partition coefficient (Wildman–Crippen LogP) is 3.78. The maximum absolute atomic E-state index is 12.6. The van der Waals surface area contributed by atoms with E-state index in [1.807, 2.05) is 19.9 Å². The van der Waals surface area contributed by atoms with Crippen molar-refractivity contribution in [2.24, 2.45) is 11.3 Å². The van der Waals surface area contributed by atoms with Gasteiger partial charge in [-0.25, -0.2) is 0 Å². The van der Waals surface area contributed by atoms with E-state index in [-0.39, 0.29) is 18.4 Å². The third-order valence-corrected chi connectivity index (χ3v) is 5.46. The van der Waals surface area contributed by atoms with Crippen LogP contribution >= 0.6 is 31.9 Å². The van der Waals surface area contributed by atoms with Crippen LogP contribution in [-0.4, -0.2) is 35.0 Å². The Morgan fingerprint density at radius 1 is 1.33 bits per heavy atom. The van der Waals surface area contributed by atoms with Crippen molar-refractivity contribution in [2.45, 2.75) is 20.3 Å². The number of aliphatic carboxylic acids is 1. The largest absolute Gasteiger partial charge is 0.481 e. The third kappa shape index (κ3) is 3.01. The molecule has 6 heteroatoms. The molecule has 1 unspecified atom stereocenters. The van der Waals surface area contributed by atoms with Crippen LogP contribution in [0.15, 0.2) is 27.1 Å². The molecule has 0 aromatic heterocycles. The highest BCUT2D eigenvalue weighted by Crippen LogP contribution is 2.39. The van der Waals surface area contributed by atoms with Gasteiger partial charge in [0, 0.05) is 22.0 Å². The first-order valence-electron chi connectivity index (χ1n) is 6.75. The molecule has 1 fully saturated rings. The molecule has 0 aliphatic carbocycles. The van der Waals surface area contributed by atoms with Crippen LogP contribution in [0.1, 0.15) is 30.6 Å². The number of likely N-dealkylation sites (tertiary alicyclic amines) is 1. The minimum atomic E-state index is -0.839. The van der Waals surface area contributed by atoms with Gasteiger partial charge in [0.25, 0.3) is 5.91 Å². The van der Waals surface area contributed by atoms with Crippen molar-refractivity contribution in [3.8, 4) is 0 Å². The van der Waals surface area contributed by atoms with Crippen LogP contribution in [0.2, 0.25) is 0 Å². The summed E-state index contributed by atoms with van der Waals surface area (Å²) in [5.74, 6) is -0.966. The van der Waals surface area contributed by atoms with E-state index in [1.54, 1.807) is 17.0 Å². The number of benzene rings is 1. The Hall–Kier alpha value is -0.880. The SMILES string of the molecule is CC(C)C1(C(=O)O)CCN(C(=O)c2cc(Br)ccc2Br)C1. The van der Waals surface area contributed by atoms with Crippen LogP contribution in [0, 0.1) is 11.3 Å². The highest BCUT2D eigenvalue weighted by atomic mass is 79.9. The number of carbonyl (C=O) groups is 2. The fourth-order valence-corrected chi connectivity index (χ4v) is 3.51. The van der Waals surface area contributed by atoms with Gasteiger partial charge in [0.2, 0.25) is 0 Å². The second-order valence-electron chi connectivity index (χ2n) is 5.72. The molecule has 1 aliphatic rings. The standard InChI is InChI=1S/C15H17Br2NO3/c1-9(2)15(14(20)21)5-6-18(8-15)13(19)11-7-10(16)3-4-12(11)17/h3-4,7,9H,5-6,8H2,1-2H3,(H,20,21). The lowest BCUT2D eigenvalue weighted by Gasteiger charge is -2.28. The summed E-state index contributed by atoms with van der Waals surface area (Å²) in [6, 6.07) is 5.41. The molecule has 0 saturated carbocycles. The Morgan fingerprint density at radius 3 is 2.52 bits per heavy atom. The lowest BCUT2D eigenvalue weighted by molar-refractivity contribution is -0.150. The summed E-state index contributed by atoms with van der Waals surface area (Å²) >= 11 is 6.74. The first-order valence-corrected chi connectivity index (χ1v) is 8.34. The molecule has 1 aliphatic heterocycles. The van der Waals surface area contributed by atoms with E-state index in [9.17, 15) is 14.7 Å². The van der Waals surface area contributed by atoms with E-state index in [4.69, 9.17) is 0 Å². The third-order valence-electron chi connectivity index (χ3n) is 4.28. The highest BCUT2D eigenvalue weighted by molar-refractivity contribution is 9.11. The monoisotopic (exact) mass is 417 g/mol. The maximum atomic E-state index is 12.6. The Labute approximate surface area is 140 Å². The van der Waals surface area contributed by atoms with Crippen LogP contribution in [0.3, 0.4) is 0 Å². The number of amides is 1. The summed E-state index contributed by atoms with van der Waals surface area (Å²) in [5.41, 5.74) is -0.289. The summed E-state index contributed by atoms with van der Waals surface area (Å²) in [6.07, 6.45) is 0.497. The number of rotatable bonds is 3. The van der Waals surface area contributed by atoms with E-state index < -0.39 is 11.4 Å². The second kappa shape index (κ2) is 6.08. The molecule has 1 N–H and O–H groups in total. The predicted molar refractivity (Wildman–Crippen MR) is 87.3 cm³/mol. The number of carbonyl (C=O) groups excluding carboxylic acids is 1. The molecule has 0 spiro atoms. The summed E-state index contributed by atoms with van der Waals surface area (Å²) in [6.45, 7) is 4.54. The van der Waals surface area contributed by atoms with Gasteiger partial charge in [0.15, 0.2) is 0 Å². The van der Waals surface area contributed by atoms with Crippen molar-refractivity contribution in [3.63, 3.8) is 0 Å². The Bertz CT molecular complexity index is 588. The maximum Gasteiger partial charge on any atom is 0.311 e. The number of carboxylic acids is 1. The normalized spacial score (nSPS) is 21.9. The molecular formula is C15H17Br2NO3. The molecular weight excluding hydrogens is 402 g/mol. The quantitative estimate of drug-likeness (QED) is 0.812. The molecule has 2 rings (SSSR count). The molecule has 0 radical (unpaired) electrons.